The van der Waals surface area contributed by atoms with Gasteiger partial charge < -0.3 is 10.1 Å². The van der Waals surface area contributed by atoms with E-state index < -0.39 is 0 Å². The number of morpholine rings is 1. The first-order valence-corrected chi connectivity index (χ1v) is 8.90. The van der Waals surface area contributed by atoms with Crippen LogP contribution in [0.2, 0.25) is 0 Å². The van der Waals surface area contributed by atoms with Crippen molar-refractivity contribution in [1.29, 1.82) is 0 Å². The average Bonchev–Trinajstić information content (AvgIpc) is 2.63. The van der Waals surface area contributed by atoms with Crippen molar-refractivity contribution in [3.8, 4) is 0 Å². The summed E-state index contributed by atoms with van der Waals surface area (Å²) in [5.74, 6) is 0.0726. The van der Waals surface area contributed by atoms with Crippen molar-refractivity contribution in [3.05, 3.63) is 71.3 Å². The fourth-order valence-electron chi connectivity index (χ4n) is 3.10. The fraction of sp³-hybridized carbons (Fsp3) is 0.381. The molecule has 3 rings (SSSR count). The van der Waals surface area contributed by atoms with Gasteiger partial charge >= 0.3 is 0 Å². The molecule has 0 bridgehead atoms. The molecule has 2 aromatic carbocycles. The SMILES string of the molecule is Cc1ccc(C(Cc2ccccc2)NC(=O)CN2CCOCC2)cc1. The molecule has 1 saturated heterocycles. The normalized spacial score (nSPS) is 16.4. The van der Waals surface area contributed by atoms with Crippen LogP contribution in [0.4, 0.5) is 0 Å². The van der Waals surface area contributed by atoms with Gasteiger partial charge in [0.2, 0.25) is 5.91 Å². The molecule has 1 unspecified atom stereocenters. The number of benzene rings is 2. The highest BCUT2D eigenvalue weighted by Crippen LogP contribution is 2.19. The number of hydrogen-bond acceptors (Lipinski definition) is 3. The van der Waals surface area contributed by atoms with E-state index in [1.165, 1.54) is 11.1 Å². The summed E-state index contributed by atoms with van der Waals surface area (Å²) in [4.78, 5) is 14.7. The number of aryl methyl sites for hydroxylation is 1. The number of hydrogen-bond donors (Lipinski definition) is 1. The van der Waals surface area contributed by atoms with Crippen LogP contribution in [-0.4, -0.2) is 43.7 Å². The first-order chi connectivity index (χ1) is 12.2. The zero-order valence-electron chi connectivity index (χ0n) is 14.8. The molecule has 0 aromatic heterocycles. The summed E-state index contributed by atoms with van der Waals surface area (Å²) in [5.41, 5.74) is 3.59. The number of amides is 1. The Morgan fingerprint density at radius 2 is 1.76 bits per heavy atom. The predicted molar refractivity (Wildman–Crippen MR) is 99.5 cm³/mol. The van der Waals surface area contributed by atoms with E-state index in [-0.39, 0.29) is 11.9 Å². The van der Waals surface area contributed by atoms with E-state index in [1.54, 1.807) is 0 Å². The van der Waals surface area contributed by atoms with Gasteiger partial charge in [-0.25, -0.2) is 0 Å². The molecule has 0 saturated carbocycles. The molecule has 1 heterocycles. The molecule has 0 spiro atoms. The average molecular weight is 338 g/mol. The molecule has 132 valence electrons. The van der Waals surface area contributed by atoms with Crippen LogP contribution in [0.5, 0.6) is 0 Å². The Labute approximate surface area is 149 Å². The van der Waals surface area contributed by atoms with Crippen molar-refractivity contribution in [2.45, 2.75) is 19.4 Å². The van der Waals surface area contributed by atoms with Crippen molar-refractivity contribution in [3.63, 3.8) is 0 Å². The predicted octanol–water partition coefficient (Wildman–Crippen LogP) is 2.73. The lowest BCUT2D eigenvalue weighted by Crippen LogP contribution is -2.44. The van der Waals surface area contributed by atoms with Gasteiger partial charge in [0.1, 0.15) is 0 Å². The van der Waals surface area contributed by atoms with Gasteiger partial charge in [-0.2, -0.15) is 0 Å². The Kier molecular flexibility index (Phi) is 6.20. The second-order valence-electron chi connectivity index (χ2n) is 6.61. The van der Waals surface area contributed by atoms with Crippen molar-refractivity contribution in [2.24, 2.45) is 0 Å². The molecule has 2 aromatic rings. The van der Waals surface area contributed by atoms with Crippen LogP contribution in [0.3, 0.4) is 0 Å². The van der Waals surface area contributed by atoms with Crippen LogP contribution in [0.25, 0.3) is 0 Å². The standard InChI is InChI=1S/C21H26N2O2/c1-17-7-9-19(10-8-17)20(15-18-5-3-2-4-6-18)22-21(24)16-23-11-13-25-14-12-23/h2-10,20H,11-16H2,1H3,(H,22,24). The van der Waals surface area contributed by atoms with Gasteiger partial charge in [-0.15, -0.1) is 0 Å². The molecular weight excluding hydrogens is 312 g/mol. The third kappa shape index (κ3) is 5.41. The molecule has 0 aliphatic carbocycles. The van der Waals surface area contributed by atoms with E-state index in [9.17, 15) is 4.79 Å². The zero-order chi connectivity index (χ0) is 17.5. The highest BCUT2D eigenvalue weighted by Gasteiger charge is 2.19. The first-order valence-electron chi connectivity index (χ1n) is 8.90. The molecule has 0 radical (unpaired) electrons. The molecular formula is C21H26N2O2. The number of ether oxygens (including phenoxy) is 1. The maximum absolute atomic E-state index is 12.6. The molecule has 4 nitrogen and oxygen atoms in total. The van der Waals surface area contributed by atoms with E-state index >= 15 is 0 Å². The molecule has 1 aliphatic heterocycles. The number of carbonyl (C=O) groups is 1. The van der Waals surface area contributed by atoms with Gasteiger partial charge in [0.25, 0.3) is 0 Å². The van der Waals surface area contributed by atoms with Crippen LogP contribution >= 0.6 is 0 Å². The molecule has 1 atom stereocenters. The largest absolute Gasteiger partial charge is 0.379 e. The smallest absolute Gasteiger partial charge is 0.234 e. The van der Waals surface area contributed by atoms with E-state index in [1.807, 2.05) is 18.2 Å². The highest BCUT2D eigenvalue weighted by atomic mass is 16.5. The molecule has 4 heteroatoms. The summed E-state index contributed by atoms with van der Waals surface area (Å²) >= 11 is 0. The van der Waals surface area contributed by atoms with E-state index in [0.29, 0.717) is 19.8 Å². The molecule has 1 amide bonds. The summed E-state index contributed by atoms with van der Waals surface area (Å²) < 4.78 is 5.35. The van der Waals surface area contributed by atoms with Crippen molar-refractivity contribution >= 4 is 5.91 Å². The van der Waals surface area contributed by atoms with Gasteiger partial charge in [-0.1, -0.05) is 60.2 Å². The summed E-state index contributed by atoms with van der Waals surface area (Å²) in [6, 6.07) is 18.7. The van der Waals surface area contributed by atoms with Crippen LogP contribution < -0.4 is 5.32 Å². The summed E-state index contributed by atoms with van der Waals surface area (Å²) in [6.45, 7) is 5.56. The summed E-state index contributed by atoms with van der Waals surface area (Å²) in [6.07, 6.45) is 0.790. The van der Waals surface area contributed by atoms with Crippen LogP contribution in [0.1, 0.15) is 22.7 Å². The molecule has 25 heavy (non-hydrogen) atoms. The quantitative estimate of drug-likeness (QED) is 0.880. The lowest BCUT2D eigenvalue weighted by atomic mass is 9.98. The van der Waals surface area contributed by atoms with Gasteiger partial charge in [0, 0.05) is 13.1 Å². The molecule has 1 N–H and O–H groups in total. The maximum atomic E-state index is 12.6. The van der Waals surface area contributed by atoms with Crippen LogP contribution in [0.15, 0.2) is 54.6 Å². The lowest BCUT2D eigenvalue weighted by molar-refractivity contribution is -0.124. The second kappa shape index (κ2) is 8.79. The number of nitrogens with one attached hydrogen (secondary N) is 1. The number of carbonyl (C=O) groups excluding carboxylic acids is 1. The van der Waals surface area contributed by atoms with Crippen molar-refractivity contribution in [2.75, 3.05) is 32.8 Å². The molecule has 1 fully saturated rings. The zero-order valence-corrected chi connectivity index (χ0v) is 14.8. The third-order valence-electron chi connectivity index (χ3n) is 4.57. The minimum Gasteiger partial charge on any atom is -0.379 e. The van der Waals surface area contributed by atoms with Crippen LogP contribution in [0, 0.1) is 6.92 Å². The monoisotopic (exact) mass is 338 g/mol. The summed E-state index contributed by atoms with van der Waals surface area (Å²) in [5, 5.41) is 3.23. The Morgan fingerprint density at radius 1 is 1.08 bits per heavy atom. The minimum atomic E-state index is -0.0171. The first kappa shape index (κ1) is 17.6. The van der Waals surface area contributed by atoms with Crippen molar-refractivity contribution in [1.82, 2.24) is 10.2 Å². The Bertz CT molecular complexity index is 664. The third-order valence-corrected chi connectivity index (χ3v) is 4.57. The second-order valence-corrected chi connectivity index (χ2v) is 6.61. The Balaban J connectivity index is 1.69. The lowest BCUT2D eigenvalue weighted by Gasteiger charge is -2.27. The minimum absolute atomic E-state index is 0.0171. The van der Waals surface area contributed by atoms with Gasteiger partial charge in [-0.05, 0) is 24.5 Å². The van der Waals surface area contributed by atoms with E-state index in [0.717, 1.165) is 25.1 Å². The van der Waals surface area contributed by atoms with Crippen molar-refractivity contribution < 1.29 is 9.53 Å². The Hall–Kier alpha value is -2.17. The van der Waals surface area contributed by atoms with E-state index in [4.69, 9.17) is 4.74 Å². The number of nitrogens with zero attached hydrogens (tertiary/aromatic N) is 1. The highest BCUT2D eigenvalue weighted by molar-refractivity contribution is 5.78. The topological polar surface area (TPSA) is 41.6 Å². The molecule has 1 aliphatic rings. The maximum Gasteiger partial charge on any atom is 0.234 e. The Morgan fingerprint density at radius 3 is 2.44 bits per heavy atom. The van der Waals surface area contributed by atoms with Crippen LogP contribution in [-0.2, 0) is 16.0 Å². The van der Waals surface area contributed by atoms with Gasteiger partial charge in [-0.3, -0.25) is 9.69 Å². The number of rotatable bonds is 6. The summed E-state index contributed by atoms with van der Waals surface area (Å²) in [7, 11) is 0. The van der Waals surface area contributed by atoms with E-state index in [2.05, 4.69) is 53.5 Å². The van der Waals surface area contributed by atoms with Gasteiger partial charge in [0.05, 0.1) is 25.8 Å². The van der Waals surface area contributed by atoms with Gasteiger partial charge in [0.15, 0.2) is 0 Å². The fourth-order valence-corrected chi connectivity index (χ4v) is 3.10.